The van der Waals surface area contributed by atoms with Crippen LogP contribution in [0.15, 0.2) is 144 Å². The van der Waals surface area contributed by atoms with Crippen molar-refractivity contribution in [1.29, 1.82) is 0 Å². The molecule has 0 saturated heterocycles. The van der Waals surface area contributed by atoms with E-state index in [1.807, 2.05) is 104 Å². The fourth-order valence-electron chi connectivity index (χ4n) is 5.00. The van der Waals surface area contributed by atoms with E-state index in [0.717, 1.165) is 16.1 Å². The van der Waals surface area contributed by atoms with E-state index < -0.39 is 17.1 Å². The second-order valence-electron chi connectivity index (χ2n) is 11.5. The Bertz CT molecular complexity index is 1890. The van der Waals surface area contributed by atoms with Crippen molar-refractivity contribution in [1.82, 2.24) is 5.32 Å². The summed E-state index contributed by atoms with van der Waals surface area (Å²) in [4.78, 5) is 41.2. The van der Waals surface area contributed by atoms with Gasteiger partial charge in [-0.3, -0.25) is 14.4 Å². The third-order valence-electron chi connectivity index (χ3n) is 7.60. The first-order valence-corrected chi connectivity index (χ1v) is 17.0. The van der Waals surface area contributed by atoms with E-state index in [4.69, 9.17) is 4.74 Å². The maximum Gasteiger partial charge on any atom is 0.272 e. The molecule has 248 valence electrons. The van der Waals surface area contributed by atoms with E-state index in [-0.39, 0.29) is 11.6 Å². The van der Waals surface area contributed by atoms with Gasteiger partial charge in [0.05, 0.1) is 6.61 Å². The third kappa shape index (κ3) is 9.72. The first kappa shape index (κ1) is 34.7. The minimum Gasteiger partial charge on any atom is -0.493 e. The average Bonchev–Trinajstić information content (AvgIpc) is 3.12. The molecule has 0 aliphatic rings. The predicted molar refractivity (Wildman–Crippen MR) is 199 cm³/mol. The first-order valence-electron chi connectivity index (χ1n) is 16.1. The van der Waals surface area contributed by atoms with E-state index in [1.54, 1.807) is 42.5 Å². The Balaban J connectivity index is 1.33. The van der Waals surface area contributed by atoms with Gasteiger partial charge in [-0.2, -0.15) is 0 Å². The molecule has 8 heteroatoms. The summed E-state index contributed by atoms with van der Waals surface area (Å²) in [6.07, 6.45) is 1.60. The second-order valence-corrected chi connectivity index (χ2v) is 12.7. The molecule has 7 nitrogen and oxygen atoms in total. The Kier molecular flexibility index (Phi) is 12.0. The number of benzene rings is 5. The number of carbonyl (C=O) groups excluding carboxylic acids is 3. The molecule has 0 fully saturated rings. The summed E-state index contributed by atoms with van der Waals surface area (Å²) >= 11 is 1.42. The van der Waals surface area contributed by atoms with Gasteiger partial charge in [0.2, 0.25) is 5.91 Å². The molecule has 0 aromatic heterocycles. The van der Waals surface area contributed by atoms with Crippen molar-refractivity contribution in [3.05, 3.63) is 161 Å². The average molecular weight is 670 g/mol. The number of amides is 3. The molecule has 1 atom stereocenters. The Morgan fingerprint density at radius 3 is 1.94 bits per heavy atom. The Hall–Kier alpha value is -5.60. The third-order valence-corrected chi connectivity index (χ3v) is 8.87. The SMILES string of the molecule is CCOc1ccccc1/C=C(\NC(=O)c1ccccc1)C(=O)Nc1ccc(SC(C(=O)Nc2ccc(C(C)C)cc2)c2ccccc2)cc1. The van der Waals surface area contributed by atoms with Crippen LogP contribution in [-0.2, 0) is 9.59 Å². The normalized spacial score (nSPS) is 11.8. The maximum atomic E-state index is 13.6. The van der Waals surface area contributed by atoms with Gasteiger partial charge in [0.15, 0.2) is 0 Å². The van der Waals surface area contributed by atoms with Crippen LogP contribution in [0.1, 0.15) is 59.0 Å². The number of thioether (sulfide) groups is 1. The van der Waals surface area contributed by atoms with Gasteiger partial charge in [0.25, 0.3) is 11.8 Å². The summed E-state index contributed by atoms with van der Waals surface area (Å²) in [5.74, 6) is -0.0555. The molecule has 1 unspecified atom stereocenters. The maximum absolute atomic E-state index is 13.6. The summed E-state index contributed by atoms with van der Waals surface area (Å²) in [5.41, 5.74) is 4.47. The number of para-hydroxylation sites is 1. The number of hydrogen-bond acceptors (Lipinski definition) is 5. The number of ether oxygens (including phenoxy) is 1. The highest BCUT2D eigenvalue weighted by atomic mass is 32.2. The molecule has 0 heterocycles. The van der Waals surface area contributed by atoms with Gasteiger partial charge in [-0.15, -0.1) is 11.8 Å². The molecule has 5 aromatic carbocycles. The summed E-state index contributed by atoms with van der Waals surface area (Å²) in [6, 6.07) is 40.8. The number of rotatable bonds is 13. The van der Waals surface area contributed by atoms with Crippen LogP contribution in [0.2, 0.25) is 0 Å². The van der Waals surface area contributed by atoms with Crippen LogP contribution >= 0.6 is 11.8 Å². The lowest BCUT2D eigenvalue weighted by atomic mass is 10.0. The molecule has 3 N–H and O–H groups in total. The molecule has 3 amide bonds. The quantitative estimate of drug-likeness (QED) is 0.0859. The lowest BCUT2D eigenvalue weighted by Crippen LogP contribution is -2.30. The van der Waals surface area contributed by atoms with Crippen LogP contribution in [0.3, 0.4) is 0 Å². The largest absolute Gasteiger partial charge is 0.493 e. The number of anilines is 2. The molecule has 0 saturated carbocycles. The topological polar surface area (TPSA) is 96.5 Å². The van der Waals surface area contributed by atoms with Crippen molar-refractivity contribution in [3.63, 3.8) is 0 Å². The van der Waals surface area contributed by atoms with Crippen molar-refractivity contribution in [2.24, 2.45) is 0 Å². The Labute approximate surface area is 291 Å². The zero-order valence-corrected chi connectivity index (χ0v) is 28.5. The van der Waals surface area contributed by atoms with E-state index >= 15 is 0 Å². The van der Waals surface area contributed by atoms with Crippen LogP contribution < -0.4 is 20.7 Å². The van der Waals surface area contributed by atoms with E-state index in [2.05, 4.69) is 29.8 Å². The molecule has 5 rings (SSSR count). The smallest absolute Gasteiger partial charge is 0.272 e. The van der Waals surface area contributed by atoms with E-state index in [0.29, 0.717) is 35.1 Å². The summed E-state index contributed by atoms with van der Waals surface area (Å²) < 4.78 is 5.75. The lowest BCUT2D eigenvalue weighted by Gasteiger charge is -2.18. The van der Waals surface area contributed by atoms with E-state index in [9.17, 15) is 14.4 Å². The number of nitrogens with one attached hydrogen (secondary N) is 3. The first-order chi connectivity index (χ1) is 23.8. The van der Waals surface area contributed by atoms with Gasteiger partial charge in [-0.25, -0.2) is 0 Å². The molecule has 0 spiro atoms. The lowest BCUT2D eigenvalue weighted by molar-refractivity contribution is -0.116. The van der Waals surface area contributed by atoms with E-state index in [1.165, 1.54) is 17.3 Å². The minimum atomic E-state index is -0.514. The zero-order chi connectivity index (χ0) is 34.6. The van der Waals surface area contributed by atoms with Gasteiger partial charge in [-0.1, -0.05) is 92.7 Å². The minimum absolute atomic E-state index is 0.0571. The molecule has 5 aromatic rings. The van der Waals surface area contributed by atoms with Crippen LogP contribution in [0.4, 0.5) is 11.4 Å². The monoisotopic (exact) mass is 669 g/mol. The van der Waals surface area contributed by atoms with Crippen LogP contribution in [-0.4, -0.2) is 24.3 Å². The zero-order valence-electron chi connectivity index (χ0n) is 27.7. The van der Waals surface area contributed by atoms with Crippen LogP contribution in [0.25, 0.3) is 6.08 Å². The van der Waals surface area contributed by atoms with Gasteiger partial charge < -0.3 is 20.7 Å². The van der Waals surface area contributed by atoms with Crippen molar-refractivity contribution < 1.29 is 19.1 Å². The molecular weight excluding hydrogens is 631 g/mol. The summed E-state index contributed by atoms with van der Waals surface area (Å²) in [6.45, 7) is 6.60. The van der Waals surface area contributed by atoms with Crippen molar-refractivity contribution in [2.75, 3.05) is 17.2 Å². The van der Waals surface area contributed by atoms with Crippen LogP contribution in [0.5, 0.6) is 5.75 Å². The van der Waals surface area contributed by atoms with Crippen molar-refractivity contribution >= 4 is 46.9 Å². The highest BCUT2D eigenvalue weighted by Crippen LogP contribution is 2.37. The Morgan fingerprint density at radius 2 is 1.29 bits per heavy atom. The molecule has 0 radical (unpaired) electrons. The molecule has 49 heavy (non-hydrogen) atoms. The van der Waals surface area contributed by atoms with Crippen molar-refractivity contribution in [2.45, 2.75) is 36.8 Å². The van der Waals surface area contributed by atoms with Gasteiger partial charge in [-0.05, 0) is 84.6 Å². The fraction of sp³-hybridized carbons (Fsp3) is 0.146. The van der Waals surface area contributed by atoms with Gasteiger partial charge in [0, 0.05) is 27.4 Å². The molecule has 0 aliphatic heterocycles. The number of hydrogen-bond donors (Lipinski definition) is 3. The number of carbonyl (C=O) groups is 3. The van der Waals surface area contributed by atoms with Gasteiger partial charge in [0.1, 0.15) is 16.7 Å². The summed E-state index contributed by atoms with van der Waals surface area (Å²) in [5, 5.41) is 8.23. The van der Waals surface area contributed by atoms with Crippen molar-refractivity contribution in [3.8, 4) is 5.75 Å². The fourth-order valence-corrected chi connectivity index (χ4v) is 6.02. The second kappa shape index (κ2) is 17.0. The standard InChI is InChI=1S/C41H39N3O4S/c1-4-48-37-18-12-11-17-32(37)27-36(44-39(45)31-15-9-6-10-16-31)40(46)42-34-23-25-35(26-24-34)49-38(30-13-7-5-8-14-30)41(47)43-33-21-19-29(20-22-33)28(2)3/h5-28,38H,4H2,1-3H3,(H,42,46)(H,43,47)(H,44,45)/b36-27-. The Morgan fingerprint density at radius 1 is 0.694 bits per heavy atom. The predicted octanol–water partition coefficient (Wildman–Crippen LogP) is 9.09. The molecule has 0 bridgehead atoms. The molecule has 0 aliphatic carbocycles. The van der Waals surface area contributed by atoms with Gasteiger partial charge >= 0.3 is 0 Å². The molecular formula is C41H39N3O4S. The highest BCUT2D eigenvalue weighted by molar-refractivity contribution is 8.00. The highest BCUT2D eigenvalue weighted by Gasteiger charge is 2.23. The van der Waals surface area contributed by atoms with Crippen LogP contribution in [0, 0.1) is 0 Å². The summed E-state index contributed by atoms with van der Waals surface area (Å²) in [7, 11) is 0.